The molecule has 0 atom stereocenters. The van der Waals surface area contributed by atoms with Crippen molar-refractivity contribution in [1.29, 1.82) is 0 Å². The number of imidazole rings is 1. The Morgan fingerprint density at radius 2 is 1.73 bits per heavy atom. The average molecular weight is 473 g/mol. The quantitative estimate of drug-likeness (QED) is 0.319. The molecule has 0 radical (unpaired) electrons. The molecule has 3 rings (SSSR count). The standard InChI is InChI=1S/C22H28N6O4S/c1-5-13-27-20-18(21(29)28(14-6-2)22(27)30)24-19(25-20)16-8-10-17(11-9-16)33(31,32)23-12-7-15-26(3)4/h5-6,8-11,23H,1-2,7,12-15H2,3-4H3,(H,24,25). The number of nitrogens with zero attached hydrogens (tertiary/aromatic N) is 4. The highest BCUT2D eigenvalue weighted by atomic mass is 32.2. The van der Waals surface area contributed by atoms with Gasteiger partial charge in [-0.25, -0.2) is 22.9 Å². The fraction of sp³-hybridized carbons (Fsp3) is 0.318. The van der Waals surface area contributed by atoms with Gasteiger partial charge < -0.3 is 9.88 Å². The van der Waals surface area contributed by atoms with Crippen LogP contribution < -0.4 is 16.0 Å². The Labute approximate surface area is 191 Å². The van der Waals surface area contributed by atoms with Gasteiger partial charge >= 0.3 is 5.69 Å². The molecule has 1 aromatic carbocycles. The highest BCUT2D eigenvalue weighted by Crippen LogP contribution is 2.20. The molecule has 0 aliphatic heterocycles. The van der Waals surface area contributed by atoms with Crippen LogP contribution in [-0.4, -0.2) is 59.6 Å². The molecule has 0 saturated carbocycles. The number of rotatable bonds is 11. The van der Waals surface area contributed by atoms with Crippen molar-refractivity contribution < 1.29 is 8.42 Å². The largest absolute Gasteiger partial charge is 0.333 e. The summed E-state index contributed by atoms with van der Waals surface area (Å²) < 4.78 is 30.0. The molecule has 2 heterocycles. The molecular weight excluding hydrogens is 444 g/mol. The molecule has 11 heteroatoms. The van der Waals surface area contributed by atoms with Crippen molar-refractivity contribution in [3.63, 3.8) is 0 Å². The molecular formula is C22H28N6O4S. The molecule has 0 saturated heterocycles. The Balaban J connectivity index is 1.95. The summed E-state index contributed by atoms with van der Waals surface area (Å²) in [6, 6.07) is 6.15. The van der Waals surface area contributed by atoms with Crippen molar-refractivity contribution in [2.24, 2.45) is 0 Å². The van der Waals surface area contributed by atoms with Crippen LogP contribution in [0.25, 0.3) is 22.6 Å². The van der Waals surface area contributed by atoms with E-state index in [-0.39, 0.29) is 29.1 Å². The number of aromatic nitrogens is 4. The number of H-pyrrole nitrogens is 1. The van der Waals surface area contributed by atoms with Crippen LogP contribution in [0.1, 0.15) is 6.42 Å². The van der Waals surface area contributed by atoms with Crippen LogP contribution in [0.5, 0.6) is 0 Å². The Morgan fingerprint density at radius 1 is 1.09 bits per heavy atom. The Hall–Kier alpha value is -3.28. The monoisotopic (exact) mass is 472 g/mol. The highest BCUT2D eigenvalue weighted by Gasteiger charge is 2.18. The van der Waals surface area contributed by atoms with Gasteiger partial charge in [-0.05, 0) is 51.3 Å². The van der Waals surface area contributed by atoms with Crippen LogP contribution in [-0.2, 0) is 23.1 Å². The number of benzene rings is 1. The van der Waals surface area contributed by atoms with Crippen molar-refractivity contribution >= 4 is 21.2 Å². The number of aromatic amines is 1. The third-order valence-corrected chi connectivity index (χ3v) is 6.47. The van der Waals surface area contributed by atoms with E-state index in [1.165, 1.54) is 22.8 Å². The van der Waals surface area contributed by atoms with Gasteiger partial charge in [-0.3, -0.25) is 13.9 Å². The molecule has 0 unspecified atom stereocenters. The van der Waals surface area contributed by atoms with E-state index in [0.29, 0.717) is 24.4 Å². The van der Waals surface area contributed by atoms with Crippen LogP contribution in [0.2, 0.25) is 0 Å². The fourth-order valence-corrected chi connectivity index (χ4v) is 4.44. The second-order valence-electron chi connectivity index (χ2n) is 7.75. The maximum Gasteiger partial charge on any atom is 0.333 e. The van der Waals surface area contributed by atoms with Gasteiger partial charge in [0.2, 0.25) is 10.0 Å². The minimum atomic E-state index is -3.64. The summed E-state index contributed by atoms with van der Waals surface area (Å²) in [5.41, 5.74) is -0.0562. The van der Waals surface area contributed by atoms with Crippen molar-refractivity contribution in [3.8, 4) is 11.4 Å². The molecule has 2 aromatic heterocycles. The zero-order chi connectivity index (χ0) is 24.2. The van der Waals surface area contributed by atoms with E-state index in [9.17, 15) is 18.0 Å². The zero-order valence-corrected chi connectivity index (χ0v) is 19.6. The van der Waals surface area contributed by atoms with Crippen molar-refractivity contribution in [2.45, 2.75) is 24.4 Å². The van der Waals surface area contributed by atoms with Gasteiger partial charge in [0.15, 0.2) is 5.65 Å². The second kappa shape index (κ2) is 10.1. The van der Waals surface area contributed by atoms with Crippen molar-refractivity contribution in [1.82, 2.24) is 28.7 Å². The third kappa shape index (κ3) is 5.21. The molecule has 0 amide bonds. The van der Waals surface area contributed by atoms with Gasteiger partial charge in [0.1, 0.15) is 11.3 Å². The lowest BCUT2D eigenvalue weighted by atomic mass is 10.2. The predicted octanol–water partition coefficient (Wildman–Crippen LogP) is 1.16. The molecule has 0 fully saturated rings. The van der Waals surface area contributed by atoms with Crippen LogP contribution >= 0.6 is 0 Å². The molecule has 3 aromatic rings. The third-order valence-electron chi connectivity index (χ3n) is 5.00. The van der Waals surface area contributed by atoms with E-state index >= 15 is 0 Å². The first-order valence-electron chi connectivity index (χ1n) is 10.4. The Kier molecular flexibility index (Phi) is 7.46. The number of hydrogen-bond donors (Lipinski definition) is 2. The second-order valence-corrected chi connectivity index (χ2v) is 9.52. The maximum atomic E-state index is 12.8. The lowest BCUT2D eigenvalue weighted by molar-refractivity contribution is 0.400. The number of sulfonamides is 1. The maximum absolute atomic E-state index is 12.8. The number of allylic oxidation sites excluding steroid dienone is 2. The SMILES string of the molecule is C=CCn1c(=O)c2[nH]c(-c3ccc(S(=O)(=O)NCCCN(C)C)cc3)nc2n(CC=C)c1=O. The van der Waals surface area contributed by atoms with E-state index in [1.54, 1.807) is 18.2 Å². The van der Waals surface area contributed by atoms with Crippen LogP contribution in [0.15, 0.2) is 64.1 Å². The van der Waals surface area contributed by atoms with Gasteiger partial charge in [0.25, 0.3) is 5.56 Å². The van der Waals surface area contributed by atoms with Gasteiger partial charge in [0, 0.05) is 25.2 Å². The molecule has 0 aliphatic carbocycles. The topological polar surface area (TPSA) is 122 Å². The lowest BCUT2D eigenvalue weighted by Gasteiger charge is -2.10. The molecule has 10 nitrogen and oxygen atoms in total. The first kappa shape index (κ1) is 24.4. The first-order chi connectivity index (χ1) is 15.7. The lowest BCUT2D eigenvalue weighted by Crippen LogP contribution is -2.39. The number of hydrogen-bond acceptors (Lipinski definition) is 6. The minimum Gasteiger partial charge on any atom is -0.332 e. The van der Waals surface area contributed by atoms with E-state index in [2.05, 4.69) is 27.8 Å². The fourth-order valence-electron chi connectivity index (χ4n) is 3.36. The molecule has 0 spiro atoms. The van der Waals surface area contributed by atoms with E-state index in [1.807, 2.05) is 19.0 Å². The van der Waals surface area contributed by atoms with Crippen molar-refractivity contribution in [3.05, 3.63) is 70.4 Å². The van der Waals surface area contributed by atoms with E-state index in [0.717, 1.165) is 11.1 Å². The molecule has 33 heavy (non-hydrogen) atoms. The molecule has 0 bridgehead atoms. The minimum absolute atomic E-state index is 0.0627. The molecule has 2 N–H and O–H groups in total. The Bertz CT molecular complexity index is 1380. The summed E-state index contributed by atoms with van der Waals surface area (Å²) in [5.74, 6) is 0.346. The first-order valence-corrected chi connectivity index (χ1v) is 11.9. The summed E-state index contributed by atoms with van der Waals surface area (Å²) in [6.45, 7) is 8.61. The van der Waals surface area contributed by atoms with E-state index in [4.69, 9.17) is 0 Å². The van der Waals surface area contributed by atoms with Gasteiger partial charge in [-0.1, -0.05) is 12.2 Å². The molecule has 0 aliphatic rings. The summed E-state index contributed by atoms with van der Waals surface area (Å²) in [4.78, 5) is 35.1. The highest BCUT2D eigenvalue weighted by molar-refractivity contribution is 7.89. The van der Waals surface area contributed by atoms with Gasteiger partial charge in [-0.2, -0.15) is 0 Å². The van der Waals surface area contributed by atoms with Gasteiger partial charge in [0.05, 0.1) is 4.90 Å². The van der Waals surface area contributed by atoms with Crippen molar-refractivity contribution in [2.75, 3.05) is 27.2 Å². The summed E-state index contributed by atoms with van der Waals surface area (Å²) in [5, 5.41) is 0. The molecule has 176 valence electrons. The number of nitrogens with one attached hydrogen (secondary N) is 2. The summed E-state index contributed by atoms with van der Waals surface area (Å²) >= 11 is 0. The summed E-state index contributed by atoms with van der Waals surface area (Å²) in [7, 11) is 0.216. The normalized spacial score (nSPS) is 11.8. The average Bonchev–Trinajstić information content (AvgIpc) is 3.23. The smallest absolute Gasteiger partial charge is 0.332 e. The zero-order valence-electron chi connectivity index (χ0n) is 18.7. The van der Waals surface area contributed by atoms with Gasteiger partial charge in [-0.15, -0.1) is 13.2 Å². The Morgan fingerprint density at radius 3 is 2.33 bits per heavy atom. The van der Waals surface area contributed by atoms with Crippen LogP contribution in [0, 0.1) is 0 Å². The number of fused-ring (bicyclic) bond motifs is 1. The summed E-state index contributed by atoms with van der Waals surface area (Å²) in [6.07, 6.45) is 3.71. The van der Waals surface area contributed by atoms with Crippen LogP contribution in [0.4, 0.5) is 0 Å². The van der Waals surface area contributed by atoms with E-state index < -0.39 is 21.3 Å². The predicted molar refractivity (Wildman–Crippen MR) is 129 cm³/mol. The van der Waals surface area contributed by atoms with Crippen LogP contribution in [0.3, 0.4) is 0 Å².